The van der Waals surface area contributed by atoms with E-state index in [0.29, 0.717) is 17.9 Å². The minimum absolute atomic E-state index is 0.0229. The molecule has 1 fully saturated rings. The van der Waals surface area contributed by atoms with Gasteiger partial charge in [-0.25, -0.2) is 9.97 Å². The maximum absolute atomic E-state index is 11.1. The van der Waals surface area contributed by atoms with Crippen molar-refractivity contribution in [3.8, 4) is 11.4 Å². The summed E-state index contributed by atoms with van der Waals surface area (Å²) in [5.74, 6) is 1.30. The minimum Gasteiger partial charge on any atom is -0.387 e. The van der Waals surface area contributed by atoms with Crippen LogP contribution in [0.3, 0.4) is 0 Å². The van der Waals surface area contributed by atoms with Crippen LogP contribution in [0.5, 0.6) is 0 Å². The van der Waals surface area contributed by atoms with Crippen LogP contribution in [-0.2, 0) is 0 Å². The lowest BCUT2D eigenvalue weighted by Crippen LogP contribution is -2.47. The number of aliphatic hydroxyl groups excluding tert-OH is 1. The Morgan fingerprint density at radius 1 is 1.03 bits per heavy atom. The maximum atomic E-state index is 11.1. The summed E-state index contributed by atoms with van der Waals surface area (Å²) in [6.45, 7) is 5.70. The number of aliphatic hydroxyl groups is 1. The Hall–Kier alpha value is -3.36. The lowest BCUT2D eigenvalue weighted by molar-refractivity contribution is -0.384. The van der Waals surface area contributed by atoms with Crippen LogP contribution in [0.1, 0.15) is 17.4 Å². The topological polar surface area (TPSA) is 95.6 Å². The van der Waals surface area contributed by atoms with Crippen molar-refractivity contribution in [3.05, 3.63) is 82.0 Å². The molecular weight excluding hydrogens is 394 g/mol. The Bertz CT molecular complexity index is 1050. The van der Waals surface area contributed by atoms with E-state index in [4.69, 9.17) is 0 Å². The highest BCUT2D eigenvalue weighted by Crippen LogP contribution is 2.24. The van der Waals surface area contributed by atoms with Crippen molar-refractivity contribution in [2.75, 3.05) is 37.6 Å². The van der Waals surface area contributed by atoms with Crippen LogP contribution in [0, 0.1) is 17.0 Å². The van der Waals surface area contributed by atoms with Gasteiger partial charge in [0.1, 0.15) is 5.82 Å². The maximum Gasteiger partial charge on any atom is 0.270 e. The van der Waals surface area contributed by atoms with E-state index in [-0.39, 0.29) is 5.69 Å². The predicted octanol–water partition coefficient (Wildman–Crippen LogP) is 3.22. The number of non-ortho nitro benzene ring substituents is 1. The van der Waals surface area contributed by atoms with Crippen molar-refractivity contribution in [2.45, 2.75) is 13.0 Å². The summed E-state index contributed by atoms with van der Waals surface area (Å²) >= 11 is 0. The summed E-state index contributed by atoms with van der Waals surface area (Å²) in [7, 11) is 0. The van der Waals surface area contributed by atoms with E-state index in [2.05, 4.69) is 19.8 Å². The molecule has 4 rings (SSSR count). The number of rotatable bonds is 6. The molecule has 1 saturated heterocycles. The second-order valence-corrected chi connectivity index (χ2v) is 7.71. The van der Waals surface area contributed by atoms with Gasteiger partial charge in [0.15, 0.2) is 5.82 Å². The number of piperazine rings is 1. The molecule has 1 aliphatic heterocycles. The predicted molar refractivity (Wildman–Crippen MR) is 119 cm³/mol. The quantitative estimate of drug-likeness (QED) is 0.484. The Morgan fingerprint density at radius 2 is 1.77 bits per heavy atom. The summed E-state index contributed by atoms with van der Waals surface area (Å²) < 4.78 is 0. The van der Waals surface area contributed by atoms with Gasteiger partial charge >= 0.3 is 0 Å². The average Bonchev–Trinajstić information content (AvgIpc) is 2.80. The third-order valence-electron chi connectivity index (χ3n) is 5.47. The molecule has 1 N–H and O–H groups in total. The van der Waals surface area contributed by atoms with Crippen molar-refractivity contribution in [2.24, 2.45) is 0 Å². The van der Waals surface area contributed by atoms with Crippen LogP contribution >= 0.6 is 0 Å². The van der Waals surface area contributed by atoms with Gasteiger partial charge in [-0.2, -0.15) is 0 Å². The average molecular weight is 419 g/mol. The molecule has 3 aromatic rings. The van der Waals surface area contributed by atoms with Gasteiger partial charge < -0.3 is 10.0 Å². The van der Waals surface area contributed by atoms with Crippen molar-refractivity contribution >= 4 is 11.5 Å². The Labute approximate surface area is 181 Å². The van der Waals surface area contributed by atoms with Crippen molar-refractivity contribution in [3.63, 3.8) is 0 Å². The van der Waals surface area contributed by atoms with E-state index in [1.165, 1.54) is 12.1 Å². The zero-order valence-electron chi connectivity index (χ0n) is 17.4. The van der Waals surface area contributed by atoms with Gasteiger partial charge in [0.25, 0.3) is 5.69 Å². The van der Waals surface area contributed by atoms with Crippen molar-refractivity contribution < 1.29 is 10.0 Å². The fraction of sp³-hybridized carbons (Fsp3) is 0.304. The smallest absolute Gasteiger partial charge is 0.270 e. The van der Waals surface area contributed by atoms with Crippen LogP contribution in [0.4, 0.5) is 11.5 Å². The SMILES string of the molecule is Cc1cc(N2CCN(CC(O)c3ccccc3)CC2)nc(-c2cccc([N+](=O)[O-])c2)n1. The van der Waals surface area contributed by atoms with E-state index >= 15 is 0 Å². The van der Waals surface area contributed by atoms with Gasteiger partial charge in [0, 0.05) is 62.2 Å². The Kier molecular flexibility index (Phi) is 6.20. The minimum atomic E-state index is -0.505. The van der Waals surface area contributed by atoms with Crippen LogP contribution in [-0.4, -0.2) is 57.6 Å². The normalized spacial score (nSPS) is 15.6. The molecule has 2 aromatic carbocycles. The summed E-state index contributed by atoms with van der Waals surface area (Å²) in [6, 6.07) is 18.0. The lowest BCUT2D eigenvalue weighted by atomic mass is 10.1. The molecule has 0 saturated carbocycles. The lowest BCUT2D eigenvalue weighted by Gasteiger charge is -2.36. The van der Waals surface area contributed by atoms with Gasteiger partial charge in [-0.1, -0.05) is 42.5 Å². The molecule has 8 heteroatoms. The summed E-state index contributed by atoms with van der Waals surface area (Å²) in [6.07, 6.45) is -0.505. The van der Waals surface area contributed by atoms with Gasteiger partial charge in [-0.05, 0) is 12.5 Å². The number of nitrogens with zero attached hydrogens (tertiary/aromatic N) is 5. The molecule has 0 radical (unpaired) electrons. The Morgan fingerprint density at radius 3 is 2.48 bits per heavy atom. The monoisotopic (exact) mass is 419 g/mol. The number of β-amino-alcohol motifs (C(OH)–C–C–N with tert-alkyl or cyclic N) is 1. The number of hydrogen-bond acceptors (Lipinski definition) is 7. The highest BCUT2D eigenvalue weighted by atomic mass is 16.6. The zero-order valence-corrected chi connectivity index (χ0v) is 17.4. The van der Waals surface area contributed by atoms with Gasteiger partial charge in [-0.3, -0.25) is 15.0 Å². The number of hydrogen-bond donors (Lipinski definition) is 1. The highest BCUT2D eigenvalue weighted by molar-refractivity contribution is 5.61. The fourth-order valence-electron chi connectivity index (χ4n) is 3.79. The standard InChI is InChI=1S/C23H25N5O3/c1-17-14-22(25-23(24-17)19-8-5-9-20(15-19)28(30)31)27-12-10-26(11-13-27)16-21(29)18-6-3-2-4-7-18/h2-9,14-15,21,29H,10-13,16H2,1H3. The molecule has 0 amide bonds. The molecule has 0 bridgehead atoms. The van der Waals surface area contributed by atoms with Crippen LogP contribution in [0.25, 0.3) is 11.4 Å². The first kappa shape index (κ1) is 20.9. The Balaban J connectivity index is 1.44. The van der Waals surface area contributed by atoms with E-state index < -0.39 is 11.0 Å². The van der Waals surface area contributed by atoms with E-state index in [1.807, 2.05) is 43.3 Å². The van der Waals surface area contributed by atoms with Crippen molar-refractivity contribution in [1.82, 2.24) is 14.9 Å². The first-order chi connectivity index (χ1) is 15.0. The molecule has 160 valence electrons. The number of aromatic nitrogens is 2. The van der Waals surface area contributed by atoms with Crippen LogP contribution < -0.4 is 4.90 Å². The van der Waals surface area contributed by atoms with Gasteiger partial charge in [0.2, 0.25) is 0 Å². The van der Waals surface area contributed by atoms with Gasteiger partial charge in [0.05, 0.1) is 11.0 Å². The zero-order chi connectivity index (χ0) is 21.8. The van der Waals surface area contributed by atoms with Crippen LogP contribution in [0.2, 0.25) is 0 Å². The fourth-order valence-corrected chi connectivity index (χ4v) is 3.79. The number of aryl methyl sites for hydroxylation is 1. The molecule has 0 aliphatic carbocycles. The second kappa shape index (κ2) is 9.20. The molecule has 31 heavy (non-hydrogen) atoms. The molecule has 0 spiro atoms. The summed E-state index contributed by atoms with van der Waals surface area (Å²) in [5.41, 5.74) is 2.39. The molecular formula is C23H25N5O3. The molecule has 1 unspecified atom stereocenters. The summed E-state index contributed by atoms with van der Waals surface area (Å²) in [4.78, 5) is 24.3. The molecule has 2 heterocycles. The number of nitro benzene ring substituents is 1. The first-order valence-electron chi connectivity index (χ1n) is 10.3. The molecule has 1 aliphatic rings. The van der Waals surface area contributed by atoms with E-state index in [1.54, 1.807) is 12.1 Å². The number of nitro groups is 1. The largest absolute Gasteiger partial charge is 0.387 e. The third kappa shape index (κ3) is 5.04. The highest BCUT2D eigenvalue weighted by Gasteiger charge is 2.22. The number of benzene rings is 2. The van der Waals surface area contributed by atoms with E-state index in [9.17, 15) is 15.2 Å². The molecule has 8 nitrogen and oxygen atoms in total. The molecule has 1 atom stereocenters. The number of anilines is 1. The first-order valence-corrected chi connectivity index (χ1v) is 10.3. The summed E-state index contributed by atoms with van der Waals surface area (Å²) in [5, 5.41) is 21.6. The van der Waals surface area contributed by atoms with Crippen molar-refractivity contribution in [1.29, 1.82) is 0 Å². The second-order valence-electron chi connectivity index (χ2n) is 7.71. The molecule has 1 aromatic heterocycles. The van der Waals surface area contributed by atoms with E-state index in [0.717, 1.165) is 43.3 Å². The van der Waals surface area contributed by atoms with Gasteiger partial charge in [-0.15, -0.1) is 0 Å². The van der Waals surface area contributed by atoms with Crippen LogP contribution in [0.15, 0.2) is 60.7 Å². The third-order valence-corrected chi connectivity index (χ3v) is 5.47.